The third-order valence-corrected chi connectivity index (χ3v) is 3.44. The molecule has 1 atom stereocenters. The highest BCUT2D eigenvalue weighted by Gasteiger charge is 2.18. The van der Waals surface area contributed by atoms with E-state index in [1.54, 1.807) is 13.0 Å². The number of ether oxygens (including phenoxy) is 1. The standard InChI is InChI=1S/C15H21FN2O3/c1-10(9-19)17-15(20)18-11-6-7-14(13(16)8-11)21-12-4-2-3-5-12/h6-8,10,12,19H,2-5,9H2,1H3,(H2,17,18,20). The molecule has 6 heteroatoms. The summed E-state index contributed by atoms with van der Waals surface area (Å²) in [7, 11) is 0. The van der Waals surface area contributed by atoms with Crippen LogP contribution in [0, 0.1) is 5.82 Å². The highest BCUT2D eigenvalue weighted by molar-refractivity contribution is 5.89. The number of urea groups is 1. The molecule has 0 aliphatic heterocycles. The molecule has 2 rings (SSSR count). The zero-order valence-electron chi connectivity index (χ0n) is 12.1. The van der Waals surface area contributed by atoms with Crippen LogP contribution in [0.15, 0.2) is 18.2 Å². The van der Waals surface area contributed by atoms with Crippen molar-refractivity contribution in [1.29, 1.82) is 0 Å². The maximum Gasteiger partial charge on any atom is 0.319 e. The van der Waals surface area contributed by atoms with Crippen LogP contribution in [0.5, 0.6) is 5.75 Å². The van der Waals surface area contributed by atoms with Crippen LogP contribution in [0.25, 0.3) is 0 Å². The van der Waals surface area contributed by atoms with Crippen molar-refractivity contribution < 1.29 is 19.0 Å². The maximum absolute atomic E-state index is 13.9. The summed E-state index contributed by atoms with van der Waals surface area (Å²) in [5, 5.41) is 13.9. The monoisotopic (exact) mass is 296 g/mol. The number of hydrogen-bond donors (Lipinski definition) is 3. The number of halogens is 1. The van der Waals surface area contributed by atoms with Crippen LogP contribution in [0.2, 0.25) is 0 Å². The first-order valence-electron chi connectivity index (χ1n) is 7.23. The van der Waals surface area contributed by atoms with E-state index in [0.29, 0.717) is 5.69 Å². The lowest BCUT2D eigenvalue weighted by Crippen LogP contribution is -2.38. The Labute approximate surface area is 123 Å². The van der Waals surface area contributed by atoms with E-state index in [9.17, 15) is 9.18 Å². The van der Waals surface area contributed by atoms with Gasteiger partial charge < -0.3 is 20.5 Å². The van der Waals surface area contributed by atoms with Gasteiger partial charge in [-0.05, 0) is 44.7 Å². The van der Waals surface area contributed by atoms with E-state index in [1.165, 1.54) is 12.1 Å². The molecule has 0 spiro atoms. The van der Waals surface area contributed by atoms with Crippen molar-refractivity contribution in [1.82, 2.24) is 5.32 Å². The highest BCUT2D eigenvalue weighted by atomic mass is 19.1. The summed E-state index contributed by atoms with van der Waals surface area (Å²) in [6, 6.07) is 3.50. The summed E-state index contributed by atoms with van der Waals surface area (Å²) in [4.78, 5) is 11.6. The Hall–Kier alpha value is -1.82. The summed E-state index contributed by atoms with van der Waals surface area (Å²) in [5.74, 6) is -0.272. The molecule has 0 heterocycles. The lowest BCUT2D eigenvalue weighted by Gasteiger charge is -2.15. The highest BCUT2D eigenvalue weighted by Crippen LogP contribution is 2.27. The predicted octanol–water partition coefficient (Wildman–Crippen LogP) is 2.65. The van der Waals surface area contributed by atoms with Gasteiger partial charge in [0, 0.05) is 11.8 Å². The van der Waals surface area contributed by atoms with Crippen molar-refractivity contribution in [2.75, 3.05) is 11.9 Å². The van der Waals surface area contributed by atoms with Gasteiger partial charge in [-0.15, -0.1) is 0 Å². The average molecular weight is 296 g/mol. The lowest BCUT2D eigenvalue weighted by atomic mass is 10.2. The molecule has 0 saturated heterocycles. The van der Waals surface area contributed by atoms with Gasteiger partial charge in [-0.25, -0.2) is 9.18 Å². The molecular formula is C15H21FN2O3. The summed E-state index contributed by atoms with van der Waals surface area (Å²) in [6.07, 6.45) is 4.25. The molecule has 0 aromatic heterocycles. The number of carbonyl (C=O) groups is 1. The molecule has 1 unspecified atom stereocenters. The smallest absolute Gasteiger partial charge is 0.319 e. The Balaban J connectivity index is 1.93. The molecule has 0 bridgehead atoms. The Morgan fingerprint density at radius 1 is 1.48 bits per heavy atom. The van der Waals surface area contributed by atoms with Crippen molar-refractivity contribution in [3.05, 3.63) is 24.0 Å². The zero-order valence-corrected chi connectivity index (χ0v) is 12.1. The minimum Gasteiger partial charge on any atom is -0.487 e. The second-order valence-corrected chi connectivity index (χ2v) is 5.35. The maximum atomic E-state index is 13.9. The van der Waals surface area contributed by atoms with Gasteiger partial charge in [0.15, 0.2) is 11.6 Å². The van der Waals surface area contributed by atoms with Gasteiger partial charge in [0.05, 0.1) is 18.8 Å². The van der Waals surface area contributed by atoms with E-state index in [-0.39, 0.29) is 24.5 Å². The molecule has 1 aromatic rings. The number of aliphatic hydroxyl groups is 1. The molecule has 1 saturated carbocycles. The van der Waals surface area contributed by atoms with Gasteiger partial charge in [-0.1, -0.05) is 0 Å². The van der Waals surface area contributed by atoms with Crippen LogP contribution in [-0.2, 0) is 0 Å². The second-order valence-electron chi connectivity index (χ2n) is 5.35. The summed E-state index contributed by atoms with van der Waals surface area (Å²) in [6.45, 7) is 1.51. The number of amides is 2. The lowest BCUT2D eigenvalue weighted by molar-refractivity contribution is 0.201. The van der Waals surface area contributed by atoms with Gasteiger partial charge in [0.25, 0.3) is 0 Å². The van der Waals surface area contributed by atoms with Gasteiger partial charge in [-0.2, -0.15) is 0 Å². The van der Waals surface area contributed by atoms with E-state index < -0.39 is 11.8 Å². The Morgan fingerprint density at radius 2 is 2.19 bits per heavy atom. The van der Waals surface area contributed by atoms with Crippen LogP contribution in [-0.4, -0.2) is 29.9 Å². The Bertz CT molecular complexity index is 490. The fourth-order valence-electron chi connectivity index (χ4n) is 2.30. The number of benzene rings is 1. The number of nitrogens with one attached hydrogen (secondary N) is 2. The topological polar surface area (TPSA) is 70.6 Å². The van der Waals surface area contributed by atoms with Crippen LogP contribution >= 0.6 is 0 Å². The van der Waals surface area contributed by atoms with Crippen LogP contribution in [0.4, 0.5) is 14.9 Å². The number of aliphatic hydroxyl groups excluding tert-OH is 1. The number of hydrogen-bond acceptors (Lipinski definition) is 3. The molecule has 1 fully saturated rings. The number of rotatable bonds is 5. The molecular weight excluding hydrogens is 275 g/mol. The third kappa shape index (κ3) is 4.60. The Kier molecular flexibility index (Phi) is 5.38. The van der Waals surface area contributed by atoms with Crippen LogP contribution in [0.3, 0.4) is 0 Å². The molecule has 116 valence electrons. The van der Waals surface area contributed by atoms with Gasteiger partial charge in [-0.3, -0.25) is 0 Å². The zero-order chi connectivity index (χ0) is 15.2. The van der Waals surface area contributed by atoms with Crippen molar-refractivity contribution in [3.8, 4) is 5.75 Å². The van der Waals surface area contributed by atoms with E-state index in [4.69, 9.17) is 9.84 Å². The molecule has 2 amide bonds. The fourth-order valence-corrected chi connectivity index (χ4v) is 2.30. The first-order valence-corrected chi connectivity index (χ1v) is 7.23. The first-order chi connectivity index (χ1) is 10.1. The first kappa shape index (κ1) is 15.6. The van der Waals surface area contributed by atoms with E-state index >= 15 is 0 Å². The fraction of sp³-hybridized carbons (Fsp3) is 0.533. The van der Waals surface area contributed by atoms with Gasteiger partial charge in [0.2, 0.25) is 0 Å². The molecule has 5 nitrogen and oxygen atoms in total. The number of anilines is 1. The van der Waals surface area contributed by atoms with Crippen molar-refractivity contribution in [2.24, 2.45) is 0 Å². The van der Waals surface area contributed by atoms with Crippen molar-refractivity contribution in [3.63, 3.8) is 0 Å². The SMILES string of the molecule is CC(CO)NC(=O)Nc1ccc(OC2CCCC2)c(F)c1. The minimum absolute atomic E-state index is 0.0898. The molecule has 1 aliphatic rings. The normalized spacial score (nSPS) is 16.5. The van der Waals surface area contributed by atoms with E-state index in [1.807, 2.05) is 0 Å². The average Bonchev–Trinajstić information content (AvgIpc) is 2.94. The molecule has 1 aliphatic carbocycles. The Morgan fingerprint density at radius 3 is 2.81 bits per heavy atom. The van der Waals surface area contributed by atoms with Crippen molar-refractivity contribution >= 4 is 11.7 Å². The third-order valence-electron chi connectivity index (χ3n) is 3.44. The summed E-state index contributed by atoms with van der Waals surface area (Å²) < 4.78 is 19.6. The largest absolute Gasteiger partial charge is 0.487 e. The van der Waals surface area contributed by atoms with Crippen LogP contribution < -0.4 is 15.4 Å². The molecule has 0 radical (unpaired) electrons. The van der Waals surface area contributed by atoms with Gasteiger partial charge in [0.1, 0.15) is 0 Å². The predicted molar refractivity (Wildman–Crippen MR) is 78.0 cm³/mol. The van der Waals surface area contributed by atoms with Crippen molar-refractivity contribution in [2.45, 2.75) is 44.8 Å². The van der Waals surface area contributed by atoms with E-state index in [0.717, 1.165) is 25.7 Å². The van der Waals surface area contributed by atoms with E-state index in [2.05, 4.69) is 10.6 Å². The minimum atomic E-state index is -0.491. The summed E-state index contributed by atoms with van der Waals surface area (Å²) >= 11 is 0. The van der Waals surface area contributed by atoms with Gasteiger partial charge >= 0.3 is 6.03 Å². The second kappa shape index (κ2) is 7.26. The number of carbonyl (C=O) groups excluding carboxylic acids is 1. The molecule has 3 N–H and O–H groups in total. The quantitative estimate of drug-likeness (QED) is 0.782. The summed E-state index contributed by atoms with van der Waals surface area (Å²) in [5.41, 5.74) is 0.342. The van der Waals surface area contributed by atoms with Crippen LogP contribution in [0.1, 0.15) is 32.6 Å². The molecule has 21 heavy (non-hydrogen) atoms. The molecule has 1 aromatic carbocycles.